The Kier molecular flexibility index (Phi) is 5.79. The first-order valence-electron chi connectivity index (χ1n) is 8.34. The van der Waals surface area contributed by atoms with E-state index < -0.39 is 10.0 Å². The van der Waals surface area contributed by atoms with Gasteiger partial charge in [0.2, 0.25) is 10.0 Å². The second kappa shape index (κ2) is 7.95. The first-order valence-corrected chi connectivity index (χ1v) is 11.1. The number of pyridine rings is 1. The monoisotopic (exact) mass is 437 g/mol. The lowest BCUT2D eigenvalue weighted by Crippen LogP contribution is -2.37. The molecule has 2 aromatic heterocycles. The van der Waals surface area contributed by atoms with E-state index in [2.05, 4.69) is 15.3 Å². The largest absolute Gasteiger partial charge is 0.336 e. The van der Waals surface area contributed by atoms with Gasteiger partial charge in [-0.15, -0.1) is 0 Å². The van der Waals surface area contributed by atoms with Crippen LogP contribution in [0.5, 0.6) is 0 Å². The van der Waals surface area contributed by atoms with Gasteiger partial charge in [0.05, 0.1) is 22.3 Å². The van der Waals surface area contributed by atoms with Crippen LogP contribution in [0.3, 0.4) is 0 Å². The van der Waals surface area contributed by atoms with Crippen LogP contribution in [0.4, 0.5) is 16.2 Å². The number of nitrogens with two attached hydrogens (primary N) is 1. The number of hydrogen-bond acceptors (Lipinski definition) is 6. The second-order valence-corrected chi connectivity index (χ2v) is 9.79. The molecule has 3 rings (SSSR count). The molecule has 0 atom stereocenters. The van der Waals surface area contributed by atoms with Gasteiger partial charge in [0.25, 0.3) is 0 Å². The molecule has 0 fully saturated rings. The molecule has 1 aromatic carbocycles. The van der Waals surface area contributed by atoms with Gasteiger partial charge in [-0.05, 0) is 48.5 Å². The zero-order valence-corrected chi connectivity index (χ0v) is 17.6. The number of hydrogen-bond donors (Lipinski definition) is 3. The fraction of sp³-hybridized carbons (Fsp3) is 0.235. The third kappa shape index (κ3) is 4.73. The molecule has 0 saturated carbocycles. The number of benzene rings is 1. The number of primary sulfonamides is 1. The number of amides is 2. The van der Waals surface area contributed by atoms with Crippen LogP contribution in [0.15, 0.2) is 41.4 Å². The van der Waals surface area contributed by atoms with E-state index in [-0.39, 0.29) is 16.8 Å². The number of nitrogens with one attached hydrogen (secondary N) is 2. The summed E-state index contributed by atoms with van der Waals surface area (Å²) < 4.78 is 23.3. The number of fused-ring (bicyclic) bond motifs is 1. The molecule has 0 unspecified atom stereocenters. The number of urea groups is 1. The van der Waals surface area contributed by atoms with Crippen LogP contribution >= 0.6 is 23.6 Å². The smallest absolute Gasteiger partial charge is 0.326 e. The van der Waals surface area contributed by atoms with E-state index in [1.165, 1.54) is 35.6 Å². The number of rotatable bonds is 5. The van der Waals surface area contributed by atoms with Crippen LogP contribution in [-0.4, -0.2) is 31.0 Å². The summed E-state index contributed by atoms with van der Waals surface area (Å²) in [5.41, 5.74) is 1.85. The van der Waals surface area contributed by atoms with Gasteiger partial charge in [0, 0.05) is 12.2 Å². The fourth-order valence-corrected chi connectivity index (χ4v) is 4.10. The molecule has 0 spiro atoms. The van der Waals surface area contributed by atoms with Crippen LogP contribution in [0.1, 0.15) is 13.8 Å². The molecule has 2 heterocycles. The minimum Gasteiger partial charge on any atom is -0.336 e. The van der Waals surface area contributed by atoms with Crippen molar-refractivity contribution >= 4 is 61.3 Å². The normalized spacial score (nSPS) is 11.7. The van der Waals surface area contributed by atoms with Crippen LogP contribution in [0.25, 0.3) is 10.3 Å². The summed E-state index contributed by atoms with van der Waals surface area (Å²) in [6.07, 6.45) is 1.63. The van der Waals surface area contributed by atoms with Gasteiger partial charge in [-0.25, -0.2) is 23.3 Å². The third-order valence-electron chi connectivity index (χ3n) is 3.80. The zero-order valence-electron chi connectivity index (χ0n) is 15.2. The Morgan fingerprint density at radius 1 is 1.36 bits per heavy atom. The van der Waals surface area contributed by atoms with E-state index >= 15 is 0 Å². The Morgan fingerprint density at radius 3 is 2.64 bits per heavy atom. The number of nitrogens with zero attached hydrogens (tertiary/aromatic N) is 2. The number of H-pyrrole nitrogens is 1. The summed E-state index contributed by atoms with van der Waals surface area (Å²) in [5, 5.41) is 7.87. The van der Waals surface area contributed by atoms with E-state index in [0.717, 1.165) is 10.3 Å². The first-order chi connectivity index (χ1) is 13.1. The highest BCUT2D eigenvalue weighted by Gasteiger charge is 2.19. The summed E-state index contributed by atoms with van der Waals surface area (Å²) in [6.45, 7) is 4.48. The number of carbonyl (C=O) groups excluding carboxylic acids is 1. The standard InChI is InChI=1S/C17H19N5O3S3/c1-10(2)9-22(12-7-14-15(19-8-12)27-17(26)21-14)16(23)20-11-3-5-13(6-4-11)28(18,24)25/h3-8,10H,9H2,1-2H3,(H,20,23)(H,21,26)(H2,18,24,25). The van der Waals surface area contributed by atoms with Gasteiger partial charge in [-0.2, -0.15) is 0 Å². The van der Waals surface area contributed by atoms with Crippen molar-refractivity contribution in [2.45, 2.75) is 18.7 Å². The fourth-order valence-electron chi connectivity index (χ4n) is 2.57. The average molecular weight is 438 g/mol. The molecule has 0 bridgehead atoms. The predicted molar refractivity (Wildman–Crippen MR) is 114 cm³/mol. The molecular formula is C17H19N5O3S3. The minimum atomic E-state index is -3.78. The van der Waals surface area contributed by atoms with Crippen molar-refractivity contribution in [1.82, 2.24) is 9.97 Å². The Morgan fingerprint density at radius 2 is 2.04 bits per heavy atom. The molecule has 3 aromatic rings. The summed E-state index contributed by atoms with van der Waals surface area (Å²) in [5.74, 6) is 0.215. The summed E-state index contributed by atoms with van der Waals surface area (Å²) in [7, 11) is -3.78. The van der Waals surface area contributed by atoms with Crippen molar-refractivity contribution in [3.05, 3.63) is 40.5 Å². The number of aromatic nitrogens is 2. The van der Waals surface area contributed by atoms with Gasteiger partial charge >= 0.3 is 6.03 Å². The van der Waals surface area contributed by atoms with Crippen LogP contribution in [0, 0.1) is 9.87 Å². The average Bonchev–Trinajstić information content (AvgIpc) is 2.98. The highest BCUT2D eigenvalue weighted by Crippen LogP contribution is 2.24. The second-order valence-electron chi connectivity index (χ2n) is 6.56. The lowest BCUT2D eigenvalue weighted by atomic mass is 10.2. The third-order valence-corrected chi connectivity index (χ3v) is 5.89. The molecule has 2 amide bonds. The Hall–Kier alpha value is -2.34. The predicted octanol–water partition coefficient (Wildman–Crippen LogP) is 3.70. The molecule has 0 aliphatic carbocycles. The van der Waals surface area contributed by atoms with Gasteiger partial charge < -0.3 is 10.3 Å². The van der Waals surface area contributed by atoms with Crippen molar-refractivity contribution in [1.29, 1.82) is 0 Å². The maximum absolute atomic E-state index is 12.9. The topological polar surface area (TPSA) is 121 Å². The molecular weight excluding hydrogens is 418 g/mol. The Bertz CT molecular complexity index is 1170. The van der Waals surface area contributed by atoms with Gasteiger partial charge in [-0.1, -0.05) is 25.2 Å². The van der Waals surface area contributed by atoms with Gasteiger partial charge in [0.1, 0.15) is 4.83 Å². The Labute approximate surface area is 171 Å². The van der Waals surface area contributed by atoms with E-state index in [1.54, 1.807) is 11.1 Å². The maximum atomic E-state index is 12.9. The van der Waals surface area contributed by atoms with Crippen molar-refractivity contribution < 1.29 is 13.2 Å². The summed E-state index contributed by atoms with van der Waals surface area (Å²) >= 11 is 6.52. The van der Waals surface area contributed by atoms with Crippen LogP contribution in [0.2, 0.25) is 0 Å². The molecule has 0 radical (unpaired) electrons. The lowest BCUT2D eigenvalue weighted by Gasteiger charge is -2.24. The minimum absolute atomic E-state index is 0.0214. The number of sulfonamides is 1. The quantitative estimate of drug-likeness (QED) is 0.526. The zero-order chi connectivity index (χ0) is 20.5. The van der Waals surface area contributed by atoms with Gasteiger partial charge in [-0.3, -0.25) is 4.90 Å². The van der Waals surface area contributed by atoms with Crippen molar-refractivity contribution in [2.75, 3.05) is 16.8 Å². The summed E-state index contributed by atoms with van der Waals surface area (Å²) in [4.78, 5) is 22.7. The van der Waals surface area contributed by atoms with E-state index in [4.69, 9.17) is 17.4 Å². The molecule has 11 heteroatoms. The van der Waals surface area contributed by atoms with Crippen molar-refractivity contribution in [3.8, 4) is 0 Å². The number of carbonyl (C=O) groups is 1. The molecule has 148 valence electrons. The number of anilines is 2. The lowest BCUT2D eigenvalue weighted by molar-refractivity contribution is 0.256. The van der Waals surface area contributed by atoms with E-state index in [1.807, 2.05) is 19.9 Å². The molecule has 4 N–H and O–H groups in total. The maximum Gasteiger partial charge on any atom is 0.326 e. The van der Waals surface area contributed by atoms with Gasteiger partial charge in [0.15, 0.2) is 3.95 Å². The molecule has 0 saturated heterocycles. The van der Waals surface area contributed by atoms with E-state index in [0.29, 0.717) is 21.9 Å². The highest BCUT2D eigenvalue weighted by molar-refractivity contribution is 7.89. The molecule has 0 aliphatic rings. The van der Waals surface area contributed by atoms with Crippen LogP contribution < -0.4 is 15.4 Å². The molecule has 8 nitrogen and oxygen atoms in total. The Balaban J connectivity index is 1.87. The molecule has 28 heavy (non-hydrogen) atoms. The van der Waals surface area contributed by atoms with Crippen LogP contribution in [-0.2, 0) is 10.0 Å². The summed E-state index contributed by atoms with van der Waals surface area (Å²) in [6, 6.07) is 7.15. The number of aromatic amines is 1. The van der Waals surface area contributed by atoms with Crippen molar-refractivity contribution in [2.24, 2.45) is 11.1 Å². The van der Waals surface area contributed by atoms with E-state index in [9.17, 15) is 13.2 Å². The first kappa shape index (κ1) is 20.4. The SMILES string of the molecule is CC(C)CN(C(=O)Nc1ccc(S(N)(=O)=O)cc1)c1cnc2sc(=S)[nH]c2c1. The van der Waals surface area contributed by atoms with Crippen molar-refractivity contribution in [3.63, 3.8) is 0 Å². The highest BCUT2D eigenvalue weighted by atomic mass is 32.2. The molecule has 0 aliphatic heterocycles. The number of thiazole rings is 1.